The van der Waals surface area contributed by atoms with Gasteiger partial charge in [-0.2, -0.15) is 0 Å². The van der Waals surface area contributed by atoms with Gasteiger partial charge in [-0.05, 0) is 18.2 Å². The van der Waals surface area contributed by atoms with Crippen LogP contribution in [0.2, 0.25) is 0 Å². The smallest absolute Gasteiger partial charge is 0.0351 e. The molecular weight excluding hydrogens is 306 g/mol. The fraction of sp³-hybridized carbons (Fsp3) is 0.455. The van der Waals surface area contributed by atoms with Gasteiger partial charge in [-0.15, -0.1) is 0 Å². The predicted molar refractivity (Wildman–Crippen MR) is 104 cm³/mol. The molecule has 0 amide bonds. The van der Waals surface area contributed by atoms with E-state index in [0.29, 0.717) is 12.0 Å². The van der Waals surface area contributed by atoms with Crippen LogP contribution in [0, 0.1) is 0 Å². The van der Waals surface area contributed by atoms with Gasteiger partial charge in [-0.3, -0.25) is 9.80 Å². The van der Waals surface area contributed by atoms with Crippen LogP contribution in [0.5, 0.6) is 0 Å². The Hall–Kier alpha value is -1.68. The summed E-state index contributed by atoms with van der Waals surface area (Å²) in [5.41, 5.74) is 2.86. The third-order valence-corrected chi connectivity index (χ3v) is 5.82. The second-order valence-electron chi connectivity index (χ2n) is 7.59. The highest BCUT2D eigenvalue weighted by Crippen LogP contribution is 2.27. The van der Waals surface area contributed by atoms with E-state index < -0.39 is 0 Å². The van der Waals surface area contributed by atoms with Gasteiger partial charge in [0.05, 0.1) is 0 Å². The first-order valence-electron chi connectivity index (χ1n) is 9.54. The van der Waals surface area contributed by atoms with E-state index in [9.17, 15) is 0 Å². The van der Waals surface area contributed by atoms with Gasteiger partial charge in [0.2, 0.25) is 0 Å². The van der Waals surface area contributed by atoms with E-state index >= 15 is 0 Å². The topological polar surface area (TPSA) is 9.72 Å². The van der Waals surface area contributed by atoms with Gasteiger partial charge in [-0.1, -0.05) is 60.7 Å². The van der Waals surface area contributed by atoms with Gasteiger partial charge in [0.1, 0.15) is 0 Å². The normalized spacial score (nSPS) is 22.9. The molecule has 132 valence electrons. The van der Waals surface area contributed by atoms with Crippen molar-refractivity contribution in [2.45, 2.75) is 12.0 Å². The average Bonchev–Trinajstić information content (AvgIpc) is 2.67. The highest BCUT2D eigenvalue weighted by Gasteiger charge is 2.32. The van der Waals surface area contributed by atoms with Gasteiger partial charge in [0.25, 0.3) is 0 Å². The summed E-state index contributed by atoms with van der Waals surface area (Å²) in [6.45, 7) is 8.37. The van der Waals surface area contributed by atoms with Crippen molar-refractivity contribution in [3.05, 3.63) is 71.8 Å². The molecule has 0 aliphatic carbocycles. The first kappa shape index (κ1) is 16.8. The molecule has 3 heteroatoms. The summed E-state index contributed by atoms with van der Waals surface area (Å²) in [7, 11) is 2.26. The molecule has 25 heavy (non-hydrogen) atoms. The molecule has 0 N–H and O–H groups in total. The molecular formula is C22H29N3. The lowest BCUT2D eigenvalue weighted by atomic mass is 9.90. The van der Waals surface area contributed by atoms with Crippen LogP contribution in [-0.4, -0.2) is 73.6 Å². The molecule has 2 aliphatic rings. The number of rotatable bonds is 4. The van der Waals surface area contributed by atoms with Gasteiger partial charge in [-0.25, -0.2) is 0 Å². The van der Waals surface area contributed by atoms with E-state index in [1.165, 1.54) is 50.4 Å². The van der Waals surface area contributed by atoms with Crippen LogP contribution in [0.4, 0.5) is 0 Å². The van der Waals surface area contributed by atoms with E-state index in [-0.39, 0.29) is 0 Å². The first-order valence-corrected chi connectivity index (χ1v) is 9.54. The van der Waals surface area contributed by atoms with Crippen molar-refractivity contribution in [2.75, 3.05) is 52.9 Å². The summed E-state index contributed by atoms with van der Waals surface area (Å²) < 4.78 is 0. The second-order valence-corrected chi connectivity index (χ2v) is 7.59. The second kappa shape index (κ2) is 7.69. The molecule has 2 aromatic rings. The fourth-order valence-electron chi connectivity index (χ4n) is 4.37. The lowest BCUT2D eigenvalue weighted by Gasteiger charge is -2.47. The summed E-state index contributed by atoms with van der Waals surface area (Å²) in [5.74, 6) is 0.454. The number of hydrogen-bond acceptors (Lipinski definition) is 3. The molecule has 2 heterocycles. The van der Waals surface area contributed by atoms with Gasteiger partial charge < -0.3 is 4.90 Å². The lowest BCUT2D eigenvalue weighted by Crippen LogP contribution is -2.61. The molecule has 1 unspecified atom stereocenters. The number of fused-ring (bicyclic) bond motifs is 1. The Bertz CT molecular complexity index is 618. The zero-order valence-corrected chi connectivity index (χ0v) is 15.2. The van der Waals surface area contributed by atoms with Crippen molar-refractivity contribution < 1.29 is 0 Å². The van der Waals surface area contributed by atoms with Crippen molar-refractivity contribution in [1.29, 1.82) is 0 Å². The minimum Gasteiger partial charge on any atom is -0.303 e. The van der Waals surface area contributed by atoms with Crippen molar-refractivity contribution in [1.82, 2.24) is 14.7 Å². The van der Waals surface area contributed by atoms with E-state index in [4.69, 9.17) is 0 Å². The Morgan fingerprint density at radius 3 is 2.04 bits per heavy atom. The first-order chi connectivity index (χ1) is 12.3. The van der Waals surface area contributed by atoms with Crippen molar-refractivity contribution in [2.24, 2.45) is 0 Å². The fourth-order valence-corrected chi connectivity index (χ4v) is 4.37. The molecule has 0 saturated carbocycles. The predicted octanol–water partition coefficient (Wildman–Crippen LogP) is 2.75. The molecule has 3 nitrogen and oxygen atoms in total. The van der Waals surface area contributed by atoms with Gasteiger partial charge >= 0.3 is 0 Å². The van der Waals surface area contributed by atoms with Crippen LogP contribution in [0.15, 0.2) is 60.7 Å². The highest BCUT2D eigenvalue weighted by atomic mass is 15.3. The van der Waals surface area contributed by atoms with E-state index in [0.717, 1.165) is 6.54 Å². The summed E-state index contributed by atoms with van der Waals surface area (Å²) in [6.07, 6.45) is 0. The summed E-state index contributed by atoms with van der Waals surface area (Å²) in [4.78, 5) is 7.86. The van der Waals surface area contributed by atoms with Crippen molar-refractivity contribution in [3.8, 4) is 0 Å². The van der Waals surface area contributed by atoms with Crippen molar-refractivity contribution >= 4 is 0 Å². The maximum atomic E-state index is 2.69. The molecule has 2 saturated heterocycles. The maximum absolute atomic E-state index is 2.69. The molecule has 2 aromatic carbocycles. The molecule has 0 aromatic heterocycles. The standard InChI is InChI=1S/C22H29N3/c1-23-12-14-25-15-13-24(17-21(25)16-23)18-22(19-8-4-2-5-9-19)20-10-6-3-7-11-20/h2-11,21-22H,12-18H2,1H3. The summed E-state index contributed by atoms with van der Waals surface area (Å²) in [5, 5.41) is 0. The molecule has 1 atom stereocenters. The zero-order chi connectivity index (χ0) is 17.1. The minimum absolute atomic E-state index is 0.454. The van der Waals surface area contributed by atoms with Crippen LogP contribution in [0.25, 0.3) is 0 Å². The summed E-state index contributed by atoms with van der Waals surface area (Å²) in [6, 6.07) is 22.7. The molecule has 2 aliphatic heterocycles. The van der Waals surface area contributed by atoms with Crippen LogP contribution >= 0.6 is 0 Å². The molecule has 2 fully saturated rings. The van der Waals surface area contributed by atoms with Crippen LogP contribution in [0.1, 0.15) is 17.0 Å². The largest absolute Gasteiger partial charge is 0.303 e. The zero-order valence-electron chi connectivity index (χ0n) is 15.2. The average molecular weight is 335 g/mol. The number of hydrogen-bond donors (Lipinski definition) is 0. The Labute approximate surface area is 151 Å². The molecule has 0 bridgehead atoms. The van der Waals surface area contributed by atoms with E-state index in [1.54, 1.807) is 0 Å². The number of piperazine rings is 2. The van der Waals surface area contributed by atoms with Crippen LogP contribution in [-0.2, 0) is 0 Å². The molecule has 0 spiro atoms. The van der Waals surface area contributed by atoms with Crippen LogP contribution < -0.4 is 0 Å². The van der Waals surface area contributed by atoms with E-state index in [2.05, 4.69) is 82.4 Å². The highest BCUT2D eigenvalue weighted by molar-refractivity contribution is 5.32. The Morgan fingerprint density at radius 2 is 1.40 bits per heavy atom. The SMILES string of the molecule is CN1CCN2CCN(CC(c3ccccc3)c3ccccc3)CC2C1. The Kier molecular flexibility index (Phi) is 5.16. The molecule has 0 radical (unpaired) electrons. The molecule has 4 rings (SSSR count). The van der Waals surface area contributed by atoms with Crippen LogP contribution in [0.3, 0.4) is 0 Å². The lowest BCUT2D eigenvalue weighted by molar-refractivity contribution is 0.0194. The third-order valence-electron chi connectivity index (χ3n) is 5.82. The minimum atomic E-state index is 0.454. The Morgan fingerprint density at radius 1 is 0.800 bits per heavy atom. The van der Waals surface area contributed by atoms with Gasteiger partial charge in [0, 0.05) is 57.8 Å². The Balaban J connectivity index is 1.51. The maximum Gasteiger partial charge on any atom is 0.0351 e. The number of nitrogens with zero attached hydrogens (tertiary/aromatic N) is 3. The number of benzene rings is 2. The summed E-state index contributed by atoms with van der Waals surface area (Å²) >= 11 is 0. The monoisotopic (exact) mass is 335 g/mol. The van der Waals surface area contributed by atoms with Crippen molar-refractivity contribution in [3.63, 3.8) is 0 Å². The van der Waals surface area contributed by atoms with Gasteiger partial charge in [0.15, 0.2) is 0 Å². The quantitative estimate of drug-likeness (QED) is 0.851. The third kappa shape index (κ3) is 3.95. The number of likely N-dealkylation sites (N-methyl/N-ethyl adjacent to an activating group) is 1. The van der Waals surface area contributed by atoms with E-state index in [1.807, 2.05) is 0 Å².